The molecule has 29 heavy (non-hydrogen) atoms. The van der Waals surface area contributed by atoms with Crippen molar-refractivity contribution in [3.8, 4) is 11.5 Å². The van der Waals surface area contributed by atoms with Crippen LogP contribution in [0.4, 0.5) is 20.6 Å². The van der Waals surface area contributed by atoms with Crippen LogP contribution in [0.1, 0.15) is 37.3 Å². The minimum atomic E-state index is -0.412. The van der Waals surface area contributed by atoms with Crippen LogP contribution in [-0.2, 0) is 4.79 Å². The molecule has 2 aromatic carbocycles. The van der Waals surface area contributed by atoms with Crippen LogP contribution in [0.25, 0.3) is 0 Å². The van der Waals surface area contributed by atoms with Crippen molar-refractivity contribution >= 4 is 23.3 Å². The molecule has 1 aliphatic carbocycles. The Kier molecular flexibility index (Phi) is 4.08. The van der Waals surface area contributed by atoms with Crippen molar-refractivity contribution in [1.29, 1.82) is 0 Å². The number of amides is 3. The minimum Gasteiger partial charge on any atom is -0.487 e. The number of hydrogen-bond acceptors (Lipinski definition) is 4. The Morgan fingerprint density at radius 3 is 2.79 bits per heavy atom. The normalized spacial score (nSPS) is 20.9. The lowest BCUT2D eigenvalue weighted by atomic mass is 9.73. The lowest BCUT2D eigenvalue weighted by Gasteiger charge is -2.48. The molecule has 1 fully saturated rings. The van der Waals surface area contributed by atoms with Crippen LogP contribution in [0.2, 0.25) is 0 Å². The van der Waals surface area contributed by atoms with Gasteiger partial charge in [0, 0.05) is 17.7 Å². The van der Waals surface area contributed by atoms with Crippen molar-refractivity contribution in [2.75, 3.05) is 17.2 Å². The summed E-state index contributed by atoms with van der Waals surface area (Å²) in [5.41, 5.74) is 1.38. The zero-order valence-electron chi connectivity index (χ0n) is 15.6. The fourth-order valence-electron chi connectivity index (χ4n) is 4.13. The van der Waals surface area contributed by atoms with Gasteiger partial charge in [-0.15, -0.1) is 0 Å². The molecule has 3 amide bonds. The molecule has 0 saturated heterocycles. The Morgan fingerprint density at radius 1 is 1.17 bits per heavy atom. The molecule has 8 heteroatoms. The standard InChI is InChI=1S/C21H20FN3O4/c22-12-2-4-17-14(8-12)16(10-21(29-17)6-1-7-21)25-20(27)23-13-3-5-18-15(9-13)24-19(26)11-28-18/h2-5,8-9,16H,1,6-7,10-11H2,(H,24,26)(H2,23,25,27)/t16-/m0/s1. The Balaban J connectivity index is 1.33. The average molecular weight is 397 g/mol. The van der Waals surface area contributed by atoms with Crippen molar-refractivity contribution in [2.45, 2.75) is 37.3 Å². The Labute approximate surface area is 166 Å². The summed E-state index contributed by atoms with van der Waals surface area (Å²) in [6, 6.07) is 8.67. The van der Waals surface area contributed by atoms with Gasteiger partial charge in [0.1, 0.15) is 22.9 Å². The third-order valence-electron chi connectivity index (χ3n) is 5.69. The fraction of sp³-hybridized carbons (Fsp3) is 0.333. The van der Waals surface area contributed by atoms with E-state index in [9.17, 15) is 14.0 Å². The van der Waals surface area contributed by atoms with Crippen LogP contribution >= 0.6 is 0 Å². The average Bonchev–Trinajstić information content (AvgIpc) is 2.66. The van der Waals surface area contributed by atoms with E-state index in [1.54, 1.807) is 24.3 Å². The summed E-state index contributed by atoms with van der Waals surface area (Å²) >= 11 is 0. The SMILES string of the molecule is O=C1COc2ccc(NC(=O)N[C@H]3CC4(CCC4)Oc4ccc(F)cc43)cc2N1. The van der Waals surface area contributed by atoms with Gasteiger partial charge in [0.2, 0.25) is 0 Å². The zero-order chi connectivity index (χ0) is 20.0. The van der Waals surface area contributed by atoms with E-state index in [0.29, 0.717) is 34.9 Å². The first-order valence-corrected chi connectivity index (χ1v) is 9.62. The van der Waals surface area contributed by atoms with Gasteiger partial charge >= 0.3 is 6.03 Å². The second-order valence-corrected chi connectivity index (χ2v) is 7.72. The molecule has 0 bridgehead atoms. The fourth-order valence-corrected chi connectivity index (χ4v) is 4.13. The monoisotopic (exact) mass is 397 g/mol. The number of ether oxygens (including phenoxy) is 2. The van der Waals surface area contributed by atoms with E-state index in [-0.39, 0.29) is 30.0 Å². The number of anilines is 2. The van der Waals surface area contributed by atoms with Gasteiger partial charge in [0.25, 0.3) is 5.91 Å². The number of nitrogens with one attached hydrogen (secondary N) is 3. The smallest absolute Gasteiger partial charge is 0.319 e. The summed E-state index contributed by atoms with van der Waals surface area (Å²) in [5.74, 6) is 0.563. The minimum absolute atomic E-state index is 0.0261. The van der Waals surface area contributed by atoms with E-state index in [2.05, 4.69) is 16.0 Å². The number of benzene rings is 2. The molecule has 5 rings (SSSR count). The zero-order valence-corrected chi connectivity index (χ0v) is 15.6. The third kappa shape index (κ3) is 3.35. The molecule has 1 atom stereocenters. The van der Waals surface area contributed by atoms with Crippen molar-refractivity contribution in [2.24, 2.45) is 0 Å². The van der Waals surface area contributed by atoms with Gasteiger partial charge in [0.05, 0.1) is 11.7 Å². The van der Waals surface area contributed by atoms with E-state index < -0.39 is 6.03 Å². The summed E-state index contributed by atoms with van der Waals surface area (Å²) in [4.78, 5) is 24.1. The maximum absolute atomic E-state index is 13.8. The molecule has 2 aromatic rings. The number of urea groups is 1. The first-order valence-electron chi connectivity index (χ1n) is 9.62. The van der Waals surface area contributed by atoms with Crippen molar-refractivity contribution in [1.82, 2.24) is 5.32 Å². The topological polar surface area (TPSA) is 88.7 Å². The summed E-state index contributed by atoms with van der Waals surface area (Å²) in [6.07, 6.45) is 3.53. The van der Waals surface area contributed by atoms with Gasteiger partial charge in [-0.1, -0.05) is 0 Å². The largest absolute Gasteiger partial charge is 0.487 e. The molecule has 2 heterocycles. The van der Waals surface area contributed by atoms with Gasteiger partial charge < -0.3 is 25.4 Å². The highest BCUT2D eigenvalue weighted by molar-refractivity contribution is 5.97. The van der Waals surface area contributed by atoms with Crippen LogP contribution in [0.15, 0.2) is 36.4 Å². The number of hydrogen-bond donors (Lipinski definition) is 3. The molecule has 1 spiro atoms. The molecule has 3 N–H and O–H groups in total. The summed E-state index contributed by atoms with van der Waals surface area (Å²) in [5, 5.41) is 8.43. The molecule has 0 radical (unpaired) electrons. The van der Waals surface area contributed by atoms with Gasteiger partial charge in [-0.2, -0.15) is 0 Å². The molecule has 150 valence electrons. The summed E-state index contributed by atoms with van der Waals surface area (Å²) in [6.45, 7) is -0.0261. The van der Waals surface area contributed by atoms with Gasteiger partial charge in [-0.25, -0.2) is 9.18 Å². The highest BCUT2D eigenvalue weighted by Gasteiger charge is 2.46. The lowest BCUT2D eigenvalue weighted by molar-refractivity contribution is -0.118. The summed E-state index contributed by atoms with van der Waals surface area (Å²) in [7, 11) is 0. The first kappa shape index (κ1) is 17.8. The van der Waals surface area contributed by atoms with Crippen molar-refractivity contribution in [3.63, 3.8) is 0 Å². The summed E-state index contributed by atoms with van der Waals surface area (Å²) < 4.78 is 25.2. The van der Waals surface area contributed by atoms with E-state index in [1.807, 2.05) is 0 Å². The number of carbonyl (C=O) groups is 2. The number of fused-ring (bicyclic) bond motifs is 2. The molecule has 2 aliphatic heterocycles. The number of rotatable bonds is 2. The maximum Gasteiger partial charge on any atom is 0.319 e. The molecule has 7 nitrogen and oxygen atoms in total. The van der Waals surface area contributed by atoms with Crippen molar-refractivity contribution in [3.05, 3.63) is 47.8 Å². The van der Waals surface area contributed by atoms with E-state index >= 15 is 0 Å². The maximum atomic E-state index is 13.8. The lowest BCUT2D eigenvalue weighted by Crippen LogP contribution is -2.50. The molecular formula is C21H20FN3O4. The number of halogens is 1. The Bertz CT molecular complexity index is 1010. The van der Waals surface area contributed by atoms with Crippen LogP contribution < -0.4 is 25.4 Å². The Hall–Kier alpha value is -3.29. The van der Waals surface area contributed by atoms with E-state index in [0.717, 1.165) is 19.3 Å². The number of carbonyl (C=O) groups excluding carboxylic acids is 2. The predicted molar refractivity (Wildman–Crippen MR) is 104 cm³/mol. The highest BCUT2D eigenvalue weighted by atomic mass is 19.1. The quantitative estimate of drug-likeness (QED) is 0.721. The first-order chi connectivity index (χ1) is 14.0. The van der Waals surface area contributed by atoms with Crippen LogP contribution in [0.5, 0.6) is 11.5 Å². The van der Waals surface area contributed by atoms with Crippen molar-refractivity contribution < 1.29 is 23.5 Å². The molecule has 1 saturated carbocycles. The van der Waals surface area contributed by atoms with Gasteiger partial charge in [-0.05, 0) is 55.7 Å². The highest BCUT2D eigenvalue weighted by Crippen LogP contribution is 2.49. The second kappa shape index (κ2) is 6.65. The van der Waals surface area contributed by atoms with Gasteiger partial charge in [0.15, 0.2) is 6.61 Å². The van der Waals surface area contributed by atoms with Crippen LogP contribution in [-0.4, -0.2) is 24.1 Å². The molecular weight excluding hydrogens is 377 g/mol. The van der Waals surface area contributed by atoms with Gasteiger partial charge in [-0.3, -0.25) is 4.79 Å². The predicted octanol–water partition coefficient (Wildman–Crippen LogP) is 3.72. The third-order valence-corrected chi connectivity index (χ3v) is 5.69. The Morgan fingerprint density at radius 2 is 2.00 bits per heavy atom. The van der Waals surface area contributed by atoms with E-state index in [4.69, 9.17) is 9.47 Å². The van der Waals surface area contributed by atoms with Crippen LogP contribution in [0, 0.1) is 5.82 Å². The van der Waals surface area contributed by atoms with Crippen LogP contribution in [0.3, 0.4) is 0 Å². The second-order valence-electron chi connectivity index (χ2n) is 7.72. The molecule has 0 aromatic heterocycles. The van der Waals surface area contributed by atoms with E-state index in [1.165, 1.54) is 12.1 Å². The molecule has 0 unspecified atom stereocenters. The molecule has 3 aliphatic rings.